The fourth-order valence-electron chi connectivity index (χ4n) is 4.37. The van der Waals surface area contributed by atoms with Gasteiger partial charge in [0.2, 0.25) is 0 Å². The van der Waals surface area contributed by atoms with E-state index in [1.165, 1.54) is 6.20 Å². The number of rotatable bonds is 11. The SMILES string of the molecule is COCCOc1ccc(Nc2nc(N3CCCC(NC(=O)N[C@H](C)c4ccccc4)C3)cnc2C(N)=O)cc1. The summed E-state index contributed by atoms with van der Waals surface area (Å²) in [5.41, 5.74) is 7.35. The standard InChI is InChI=1S/C28H35N7O4/c1-19(20-7-4-3-5-8-20)31-28(37)33-22-9-6-14-35(18-22)24-17-30-25(26(29)36)27(34-24)32-21-10-12-23(13-11-21)39-16-15-38-2/h3-5,7-8,10-13,17,19,22H,6,9,14-16,18H2,1-2H3,(H2,29,36)(H,32,34)(H2,31,33,37)/t19-,22?/m1/s1. The van der Waals surface area contributed by atoms with Crippen molar-refractivity contribution >= 4 is 29.3 Å². The van der Waals surface area contributed by atoms with Gasteiger partial charge in [0.05, 0.1) is 18.8 Å². The highest BCUT2D eigenvalue weighted by atomic mass is 16.5. The van der Waals surface area contributed by atoms with Crippen LogP contribution in [0, 0.1) is 0 Å². The monoisotopic (exact) mass is 533 g/mol. The van der Waals surface area contributed by atoms with Gasteiger partial charge in [0, 0.05) is 31.9 Å². The molecule has 5 N–H and O–H groups in total. The van der Waals surface area contributed by atoms with Crippen LogP contribution in [-0.4, -0.2) is 61.4 Å². The number of nitrogens with one attached hydrogen (secondary N) is 3. The number of nitrogens with two attached hydrogens (primary N) is 1. The lowest BCUT2D eigenvalue weighted by molar-refractivity contribution is 0.0996. The normalized spacial score (nSPS) is 15.7. The first-order valence-electron chi connectivity index (χ1n) is 13.0. The van der Waals surface area contributed by atoms with Crippen LogP contribution >= 0.6 is 0 Å². The van der Waals surface area contributed by atoms with E-state index < -0.39 is 5.91 Å². The number of urea groups is 1. The summed E-state index contributed by atoms with van der Waals surface area (Å²) < 4.78 is 10.6. The van der Waals surface area contributed by atoms with Crippen molar-refractivity contribution < 1.29 is 19.1 Å². The summed E-state index contributed by atoms with van der Waals surface area (Å²) in [5, 5.41) is 9.22. The van der Waals surface area contributed by atoms with E-state index in [-0.39, 0.29) is 29.6 Å². The largest absolute Gasteiger partial charge is 0.491 e. The maximum atomic E-state index is 12.7. The quantitative estimate of drug-likeness (QED) is 0.275. The molecular formula is C28H35N7O4. The second-order valence-corrected chi connectivity index (χ2v) is 9.32. The highest BCUT2D eigenvalue weighted by Crippen LogP contribution is 2.25. The number of primary amides is 1. The number of hydrogen-bond acceptors (Lipinski definition) is 8. The maximum absolute atomic E-state index is 12.7. The molecule has 11 heteroatoms. The molecule has 1 saturated heterocycles. The first-order chi connectivity index (χ1) is 18.9. The molecule has 1 aliphatic heterocycles. The number of piperidine rings is 1. The Morgan fingerprint density at radius 2 is 1.90 bits per heavy atom. The lowest BCUT2D eigenvalue weighted by Gasteiger charge is -2.34. The number of anilines is 3. The van der Waals surface area contributed by atoms with Crippen LogP contribution in [0.3, 0.4) is 0 Å². The maximum Gasteiger partial charge on any atom is 0.315 e. The molecule has 2 atom stereocenters. The number of nitrogens with zero attached hydrogens (tertiary/aromatic N) is 3. The third-order valence-corrected chi connectivity index (χ3v) is 6.39. The van der Waals surface area contributed by atoms with Gasteiger partial charge in [-0.25, -0.2) is 14.8 Å². The molecule has 3 aromatic rings. The van der Waals surface area contributed by atoms with E-state index in [1.54, 1.807) is 7.11 Å². The minimum atomic E-state index is -0.682. The predicted octanol–water partition coefficient (Wildman–Crippen LogP) is 3.37. The van der Waals surface area contributed by atoms with Crippen LogP contribution in [0.15, 0.2) is 60.8 Å². The Bertz CT molecular complexity index is 1240. The fraction of sp³-hybridized carbons (Fsp3) is 0.357. The van der Waals surface area contributed by atoms with Crippen LogP contribution in [0.1, 0.15) is 41.9 Å². The van der Waals surface area contributed by atoms with Crippen LogP contribution in [0.5, 0.6) is 5.75 Å². The number of ether oxygens (including phenoxy) is 2. The molecule has 1 unspecified atom stereocenters. The van der Waals surface area contributed by atoms with Crippen molar-refractivity contribution in [2.75, 3.05) is 43.6 Å². The third kappa shape index (κ3) is 7.81. The van der Waals surface area contributed by atoms with Crippen molar-refractivity contribution in [3.63, 3.8) is 0 Å². The van der Waals surface area contributed by atoms with Gasteiger partial charge in [0.1, 0.15) is 18.2 Å². The molecule has 0 radical (unpaired) electrons. The van der Waals surface area contributed by atoms with Crippen molar-refractivity contribution in [2.45, 2.75) is 31.8 Å². The summed E-state index contributed by atoms with van der Waals surface area (Å²) in [4.78, 5) is 35.7. The Labute approximate surface area is 228 Å². The van der Waals surface area contributed by atoms with Gasteiger partial charge in [0.25, 0.3) is 5.91 Å². The molecule has 0 saturated carbocycles. The topological polar surface area (TPSA) is 144 Å². The summed E-state index contributed by atoms with van der Waals surface area (Å²) in [6, 6.07) is 16.7. The lowest BCUT2D eigenvalue weighted by Crippen LogP contribution is -2.51. The molecule has 3 amide bonds. The molecule has 4 rings (SSSR count). The molecule has 2 aromatic carbocycles. The van der Waals surface area contributed by atoms with Crippen molar-refractivity contribution in [1.29, 1.82) is 0 Å². The van der Waals surface area contributed by atoms with Crippen LogP contribution in [0.4, 0.5) is 22.1 Å². The Morgan fingerprint density at radius 3 is 2.62 bits per heavy atom. The molecule has 0 spiro atoms. The zero-order valence-corrected chi connectivity index (χ0v) is 22.2. The van der Waals surface area contributed by atoms with Crippen molar-refractivity contribution in [1.82, 2.24) is 20.6 Å². The lowest BCUT2D eigenvalue weighted by atomic mass is 10.1. The summed E-state index contributed by atoms with van der Waals surface area (Å²) in [6.45, 7) is 4.20. The van der Waals surface area contributed by atoms with Gasteiger partial charge in [-0.3, -0.25) is 4.79 Å². The van der Waals surface area contributed by atoms with Gasteiger partial charge in [-0.15, -0.1) is 0 Å². The van der Waals surface area contributed by atoms with Gasteiger partial charge in [-0.1, -0.05) is 30.3 Å². The van der Waals surface area contributed by atoms with Gasteiger partial charge in [-0.2, -0.15) is 0 Å². The van der Waals surface area contributed by atoms with Crippen LogP contribution < -0.4 is 31.3 Å². The van der Waals surface area contributed by atoms with E-state index in [4.69, 9.17) is 15.2 Å². The third-order valence-electron chi connectivity index (χ3n) is 6.39. The molecular weight excluding hydrogens is 498 g/mol. The molecule has 1 aliphatic rings. The Balaban J connectivity index is 1.40. The van der Waals surface area contributed by atoms with E-state index in [0.29, 0.717) is 37.0 Å². The summed E-state index contributed by atoms with van der Waals surface area (Å²) >= 11 is 0. The minimum absolute atomic E-state index is 0.0418. The number of carbonyl (C=O) groups is 2. The molecule has 1 aromatic heterocycles. The Hall–Kier alpha value is -4.38. The second kappa shape index (κ2) is 13.4. The number of benzene rings is 2. The van der Waals surface area contributed by atoms with Crippen molar-refractivity contribution in [3.8, 4) is 5.75 Å². The highest BCUT2D eigenvalue weighted by Gasteiger charge is 2.24. The molecule has 1 fully saturated rings. The van der Waals surface area contributed by atoms with Gasteiger partial charge >= 0.3 is 6.03 Å². The van der Waals surface area contributed by atoms with Crippen LogP contribution in [-0.2, 0) is 4.74 Å². The number of carbonyl (C=O) groups excluding carboxylic acids is 2. The van der Waals surface area contributed by atoms with Crippen LogP contribution in [0.25, 0.3) is 0 Å². The Morgan fingerprint density at radius 1 is 1.13 bits per heavy atom. The predicted molar refractivity (Wildman–Crippen MR) is 149 cm³/mol. The van der Waals surface area contributed by atoms with Crippen molar-refractivity contribution in [2.24, 2.45) is 5.73 Å². The smallest absolute Gasteiger partial charge is 0.315 e. The molecule has 206 valence electrons. The number of methoxy groups -OCH3 is 1. The zero-order valence-electron chi connectivity index (χ0n) is 22.2. The van der Waals surface area contributed by atoms with Gasteiger partial charge in [0.15, 0.2) is 11.5 Å². The highest BCUT2D eigenvalue weighted by molar-refractivity contribution is 5.96. The molecule has 0 bridgehead atoms. The minimum Gasteiger partial charge on any atom is -0.491 e. The molecule has 2 heterocycles. The van der Waals surface area contributed by atoms with E-state index in [9.17, 15) is 9.59 Å². The number of aromatic nitrogens is 2. The summed E-state index contributed by atoms with van der Waals surface area (Å²) in [7, 11) is 1.62. The molecule has 39 heavy (non-hydrogen) atoms. The first kappa shape index (κ1) is 27.6. The van der Waals surface area contributed by atoms with E-state index >= 15 is 0 Å². The molecule has 11 nitrogen and oxygen atoms in total. The van der Waals surface area contributed by atoms with Gasteiger partial charge in [-0.05, 0) is 49.6 Å². The Kier molecular flexibility index (Phi) is 9.52. The van der Waals surface area contributed by atoms with Gasteiger partial charge < -0.3 is 36.1 Å². The fourth-order valence-corrected chi connectivity index (χ4v) is 4.37. The van der Waals surface area contributed by atoms with E-state index in [1.807, 2.05) is 66.4 Å². The van der Waals surface area contributed by atoms with Crippen molar-refractivity contribution in [3.05, 3.63) is 72.1 Å². The van der Waals surface area contributed by atoms with Crippen LogP contribution in [0.2, 0.25) is 0 Å². The number of amides is 3. The number of hydrogen-bond donors (Lipinski definition) is 4. The average Bonchev–Trinajstić information content (AvgIpc) is 2.94. The van der Waals surface area contributed by atoms with E-state index in [2.05, 4.69) is 25.9 Å². The zero-order chi connectivity index (χ0) is 27.6. The van der Waals surface area contributed by atoms with E-state index in [0.717, 1.165) is 24.9 Å². The summed E-state index contributed by atoms with van der Waals surface area (Å²) in [5.74, 6) is 0.865. The molecule has 0 aliphatic carbocycles. The average molecular weight is 534 g/mol. The summed E-state index contributed by atoms with van der Waals surface area (Å²) in [6.07, 6.45) is 3.25. The first-order valence-corrected chi connectivity index (χ1v) is 13.0. The second-order valence-electron chi connectivity index (χ2n) is 9.32.